The van der Waals surface area contributed by atoms with Crippen molar-refractivity contribution in [3.63, 3.8) is 0 Å². The van der Waals surface area contributed by atoms with E-state index in [9.17, 15) is 4.79 Å². The highest BCUT2D eigenvalue weighted by Gasteiger charge is 2.29. The molecule has 0 radical (unpaired) electrons. The van der Waals surface area contributed by atoms with Gasteiger partial charge in [0, 0.05) is 24.2 Å². The first-order chi connectivity index (χ1) is 14.7. The second-order valence-corrected chi connectivity index (χ2v) is 7.35. The molecule has 0 saturated carbocycles. The molecule has 7 nitrogen and oxygen atoms in total. The smallest absolute Gasteiger partial charge is 0.231 e. The lowest BCUT2D eigenvalue weighted by Gasteiger charge is -2.31. The third-order valence-electron chi connectivity index (χ3n) is 5.45. The van der Waals surface area contributed by atoms with Gasteiger partial charge in [-0.2, -0.15) is 4.98 Å². The number of hydrogen-bond donors (Lipinski definition) is 0. The summed E-state index contributed by atoms with van der Waals surface area (Å²) < 4.78 is 16.1. The Bertz CT molecular complexity index is 1000. The van der Waals surface area contributed by atoms with Gasteiger partial charge >= 0.3 is 0 Å². The van der Waals surface area contributed by atoms with Crippen LogP contribution in [0, 0.1) is 0 Å². The Labute approximate surface area is 175 Å². The van der Waals surface area contributed by atoms with Crippen molar-refractivity contribution in [3.05, 3.63) is 60.0 Å². The van der Waals surface area contributed by atoms with Crippen LogP contribution < -0.4 is 9.47 Å². The molecule has 3 aromatic rings. The van der Waals surface area contributed by atoms with Crippen molar-refractivity contribution in [1.29, 1.82) is 0 Å². The number of rotatable bonds is 6. The molecule has 7 heteroatoms. The van der Waals surface area contributed by atoms with E-state index in [0.717, 1.165) is 42.0 Å². The second-order valence-electron chi connectivity index (χ2n) is 7.35. The summed E-state index contributed by atoms with van der Waals surface area (Å²) in [6.45, 7) is 1.32. The summed E-state index contributed by atoms with van der Waals surface area (Å²) in [6.07, 6.45) is 2.14. The zero-order valence-electron chi connectivity index (χ0n) is 17.2. The number of benzene rings is 2. The number of aromatic nitrogens is 2. The van der Waals surface area contributed by atoms with Crippen LogP contribution in [0.25, 0.3) is 11.4 Å². The van der Waals surface area contributed by atoms with E-state index in [2.05, 4.69) is 10.1 Å². The molecule has 4 rings (SSSR count). The van der Waals surface area contributed by atoms with Crippen LogP contribution in [-0.4, -0.2) is 48.3 Å². The number of ether oxygens (including phenoxy) is 2. The number of carbonyl (C=O) groups is 1. The van der Waals surface area contributed by atoms with Crippen molar-refractivity contribution in [1.82, 2.24) is 15.0 Å². The van der Waals surface area contributed by atoms with E-state index in [4.69, 9.17) is 14.0 Å². The Morgan fingerprint density at radius 1 is 1.13 bits per heavy atom. The fraction of sp³-hybridized carbons (Fsp3) is 0.348. The minimum absolute atomic E-state index is 0.0415. The minimum Gasteiger partial charge on any atom is -0.497 e. The number of para-hydroxylation sites is 1. The number of methoxy groups -OCH3 is 2. The second kappa shape index (κ2) is 8.98. The summed E-state index contributed by atoms with van der Waals surface area (Å²) in [7, 11) is 3.25. The quantitative estimate of drug-likeness (QED) is 0.620. The highest BCUT2D eigenvalue weighted by Crippen LogP contribution is 2.29. The Balaban J connectivity index is 1.43. The largest absolute Gasteiger partial charge is 0.497 e. The predicted molar refractivity (Wildman–Crippen MR) is 112 cm³/mol. The average Bonchev–Trinajstić information content (AvgIpc) is 3.30. The molecule has 1 aliphatic heterocycles. The van der Waals surface area contributed by atoms with E-state index >= 15 is 0 Å². The molecule has 1 aliphatic rings. The van der Waals surface area contributed by atoms with Gasteiger partial charge in [0.05, 0.1) is 26.6 Å². The molecule has 0 N–H and O–H groups in total. The number of amides is 1. The van der Waals surface area contributed by atoms with Crippen molar-refractivity contribution in [2.45, 2.75) is 25.2 Å². The third kappa shape index (κ3) is 4.30. The molecule has 0 aliphatic carbocycles. The standard InChI is InChI=1S/C23H25N3O4/c1-28-19-11-9-16(10-12-19)22-24-23(30-25-22)18-7-5-13-26(15-18)21(27)14-17-6-3-4-8-20(17)29-2/h3-4,6,8-12,18H,5,7,13-15H2,1-2H3. The lowest BCUT2D eigenvalue weighted by atomic mass is 9.97. The predicted octanol–water partition coefficient (Wildman–Crippen LogP) is 3.70. The molecular formula is C23H25N3O4. The molecule has 2 heterocycles. The van der Waals surface area contributed by atoms with Gasteiger partial charge in [0.15, 0.2) is 0 Å². The Morgan fingerprint density at radius 3 is 2.70 bits per heavy atom. The summed E-state index contributed by atoms with van der Waals surface area (Å²) in [5.41, 5.74) is 1.76. The topological polar surface area (TPSA) is 77.7 Å². The van der Waals surface area contributed by atoms with Crippen molar-refractivity contribution < 1.29 is 18.8 Å². The van der Waals surface area contributed by atoms with Gasteiger partial charge in [0.2, 0.25) is 17.6 Å². The maximum absolute atomic E-state index is 12.9. The lowest BCUT2D eigenvalue weighted by molar-refractivity contribution is -0.131. The maximum Gasteiger partial charge on any atom is 0.231 e. The Hall–Kier alpha value is -3.35. The van der Waals surface area contributed by atoms with E-state index in [0.29, 0.717) is 24.7 Å². The van der Waals surface area contributed by atoms with Crippen LogP contribution in [0.1, 0.15) is 30.2 Å². The van der Waals surface area contributed by atoms with E-state index in [1.54, 1.807) is 14.2 Å². The summed E-state index contributed by atoms with van der Waals surface area (Å²) in [4.78, 5) is 19.4. The van der Waals surface area contributed by atoms with Crippen molar-refractivity contribution in [2.24, 2.45) is 0 Å². The molecule has 156 valence electrons. The van der Waals surface area contributed by atoms with Crippen LogP contribution in [-0.2, 0) is 11.2 Å². The highest BCUT2D eigenvalue weighted by molar-refractivity contribution is 5.79. The molecule has 0 spiro atoms. The van der Waals surface area contributed by atoms with E-state index < -0.39 is 0 Å². The van der Waals surface area contributed by atoms with Gasteiger partial charge in [-0.1, -0.05) is 23.4 Å². The lowest BCUT2D eigenvalue weighted by Crippen LogP contribution is -2.40. The number of piperidine rings is 1. The van der Waals surface area contributed by atoms with Gasteiger partial charge in [-0.3, -0.25) is 4.79 Å². The first-order valence-corrected chi connectivity index (χ1v) is 10.1. The molecule has 30 heavy (non-hydrogen) atoms. The highest BCUT2D eigenvalue weighted by atomic mass is 16.5. The van der Waals surface area contributed by atoms with Gasteiger partial charge < -0.3 is 18.9 Å². The van der Waals surface area contributed by atoms with E-state index in [-0.39, 0.29) is 11.8 Å². The molecule has 1 fully saturated rings. The summed E-state index contributed by atoms with van der Waals surface area (Å²) >= 11 is 0. The van der Waals surface area contributed by atoms with Crippen LogP contribution in [0.4, 0.5) is 0 Å². The van der Waals surface area contributed by atoms with Crippen molar-refractivity contribution in [2.75, 3.05) is 27.3 Å². The molecule has 1 aromatic heterocycles. The van der Waals surface area contributed by atoms with Crippen molar-refractivity contribution in [3.8, 4) is 22.9 Å². The monoisotopic (exact) mass is 407 g/mol. The summed E-state index contributed by atoms with van der Waals surface area (Å²) in [6, 6.07) is 15.2. The molecule has 1 unspecified atom stereocenters. The number of nitrogens with zero attached hydrogens (tertiary/aromatic N) is 3. The Morgan fingerprint density at radius 2 is 1.93 bits per heavy atom. The average molecular weight is 407 g/mol. The Kier molecular flexibility index (Phi) is 5.97. The SMILES string of the molecule is COc1ccc(-c2noc(C3CCCN(C(=O)Cc4ccccc4OC)C3)n2)cc1. The normalized spacial score (nSPS) is 16.3. The van der Waals surface area contributed by atoms with Gasteiger partial charge in [0.1, 0.15) is 11.5 Å². The first-order valence-electron chi connectivity index (χ1n) is 10.1. The van der Waals surface area contributed by atoms with Crippen LogP contribution >= 0.6 is 0 Å². The van der Waals surface area contributed by atoms with E-state index in [1.165, 1.54) is 0 Å². The number of likely N-dealkylation sites (tertiary alicyclic amines) is 1. The van der Waals surface area contributed by atoms with Gasteiger partial charge in [-0.05, 0) is 43.2 Å². The zero-order chi connectivity index (χ0) is 20.9. The maximum atomic E-state index is 12.9. The van der Waals surface area contributed by atoms with Crippen LogP contribution in [0.15, 0.2) is 53.1 Å². The molecule has 1 amide bonds. The van der Waals surface area contributed by atoms with Crippen LogP contribution in [0.3, 0.4) is 0 Å². The van der Waals surface area contributed by atoms with Gasteiger partial charge in [0.25, 0.3) is 0 Å². The minimum atomic E-state index is 0.0415. The number of carbonyl (C=O) groups excluding carboxylic acids is 1. The molecule has 1 atom stereocenters. The molecule has 0 bridgehead atoms. The molecular weight excluding hydrogens is 382 g/mol. The van der Waals surface area contributed by atoms with E-state index in [1.807, 2.05) is 53.4 Å². The fourth-order valence-corrected chi connectivity index (χ4v) is 3.79. The van der Waals surface area contributed by atoms with Crippen molar-refractivity contribution >= 4 is 5.91 Å². The first kappa shape index (κ1) is 19.9. The third-order valence-corrected chi connectivity index (χ3v) is 5.45. The van der Waals surface area contributed by atoms with Crippen LogP contribution in [0.2, 0.25) is 0 Å². The van der Waals surface area contributed by atoms with Gasteiger partial charge in [-0.15, -0.1) is 0 Å². The summed E-state index contributed by atoms with van der Waals surface area (Å²) in [5.74, 6) is 2.76. The molecule has 1 saturated heterocycles. The zero-order valence-corrected chi connectivity index (χ0v) is 17.2. The van der Waals surface area contributed by atoms with Gasteiger partial charge in [-0.25, -0.2) is 0 Å². The molecule has 2 aromatic carbocycles. The fourth-order valence-electron chi connectivity index (χ4n) is 3.79. The summed E-state index contributed by atoms with van der Waals surface area (Å²) in [5, 5.41) is 4.13. The number of hydrogen-bond acceptors (Lipinski definition) is 6. The van der Waals surface area contributed by atoms with Crippen LogP contribution in [0.5, 0.6) is 11.5 Å².